The number of hydrazine groups is 1. The third-order valence-electron chi connectivity index (χ3n) is 3.44. The van der Waals surface area contributed by atoms with Crippen LogP contribution in [-0.4, -0.2) is 21.8 Å². The van der Waals surface area contributed by atoms with Crippen LogP contribution in [0.4, 0.5) is 13.2 Å². The monoisotopic (exact) mass is 348 g/mol. The summed E-state index contributed by atoms with van der Waals surface area (Å²) < 4.78 is 40.4. The van der Waals surface area contributed by atoms with Crippen LogP contribution in [0, 0.1) is 0 Å². The summed E-state index contributed by atoms with van der Waals surface area (Å²) in [6.45, 7) is 0. The number of carbonyl (C=O) groups is 2. The number of rotatable bonds is 2. The number of fused-ring (bicyclic) bond motifs is 1. The molecule has 128 valence electrons. The summed E-state index contributed by atoms with van der Waals surface area (Å²) in [5.74, 6) is -1.81. The number of carbonyl (C=O) groups excluding carboxylic acids is 2. The third-order valence-corrected chi connectivity index (χ3v) is 3.44. The molecule has 3 N–H and O–H groups in total. The minimum atomic E-state index is -4.77. The Labute approximate surface area is 139 Å². The minimum absolute atomic E-state index is 0.113. The maximum Gasteiger partial charge on any atom is 0.417 e. The van der Waals surface area contributed by atoms with Crippen molar-refractivity contribution in [2.75, 3.05) is 0 Å². The van der Waals surface area contributed by atoms with E-state index in [-0.39, 0.29) is 16.6 Å². The van der Waals surface area contributed by atoms with Crippen molar-refractivity contribution in [3.8, 4) is 0 Å². The van der Waals surface area contributed by atoms with Gasteiger partial charge < -0.3 is 4.98 Å². The number of aromatic nitrogens is 2. The summed E-state index contributed by atoms with van der Waals surface area (Å²) in [6, 6.07) is 8.63. The molecule has 2 heterocycles. The summed E-state index contributed by atoms with van der Waals surface area (Å²) in [7, 11) is 0. The molecule has 0 radical (unpaired) electrons. The van der Waals surface area contributed by atoms with Crippen LogP contribution < -0.4 is 10.9 Å². The molecule has 0 aliphatic rings. The molecule has 0 aliphatic carbocycles. The van der Waals surface area contributed by atoms with E-state index in [1.807, 2.05) is 10.9 Å². The topological polar surface area (TPSA) is 86.9 Å². The lowest BCUT2D eigenvalue weighted by atomic mass is 10.0. The van der Waals surface area contributed by atoms with Crippen molar-refractivity contribution in [3.05, 3.63) is 65.6 Å². The van der Waals surface area contributed by atoms with Gasteiger partial charge in [-0.15, -0.1) is 0 Å². The lowest BCUT2D eigenvalue weighted by Crippen LogP contribution is -2.42. The van der Waals surface area contributed by atoms with Gasteiger partial charge >= 0.3 is 6.18 Å². The molecule has 0 saturated heterocycles. The number of hydrogen-bond acceptors (Lipinski definition) is 3. The summed E-state index contributed by atoms with van der Waals surface area (Å²) in [5, 5.41) is -0.196. The van der Waals surface area contributed by atoms with E-state index < -0.39 is 29.1 Å². The Balaban J connectivity index is 1.92. The highest BCUT2D eigenvalue weighted by Crippen LogP contribution is 2.36. The van der Waals surface area contributed by atoms with Gasteiger partial charge in [0.05, 0.1) is 16.6 Å². The standard InChI is InChI=1S/C16H11F3N4O2/c17-16(18,19)13-9-4-1-2-5-11(9)21-8-10(13)14(24)22-23-15(25)12-6-3-7-20-12/h1-8,20H,(H,22,24)(H,23,25). The maximum absolute atomic E-state index is 13.5. The van der Waals surface area contributed by atoms with Crippen molar-refractivity contribution < 1.29 is 22.8 Å². The predicted molar refractivity (Wildman–Crippen MR) is 82.5 cm³/mol. The Morgan fingerprint density at radius 1 is 1.00 bits per heavy atom. The lowest BCUT2D eigenvalue weighted by Gasteiger charge is -2.15. The first-order chi connectivity index (χ1) is 11.9. The number of aromatic amines is 1. The maximum atomic E-state index is 13.5. The predicted octanol–water partition coefficient (Wildman–Crippen LogP) is 2.66. The van der Waals surface area contributed by atoms with E-state index in [0.717, 1.165) is 6.20 Å². The van der Waals surface area contributed by atoms with Crippen molar-refractivity contribution in [1.82, 2.24) is 20.8 Å². The van der Waals surface area contributed by atoms with Crippen LogP contribution in [0.5, 0.6) is 0 Å². The Kier molecular flexibility index (Phi) is 4.14. The summed E-state index contributed by atoms with van der Waals surface area (Å²) >= 11 is 0. The molecular formula is C16H11F3N4O2. The second-order valence-electron chi connectivity index (χ2n) is 5.05. The van der Waals surface area contributed by atoms with Gasteiger partial charge in [-0.2, -0.15) is 13.2 Å². The number of nitrogens with one attached hydrogen (secondary N) is 3. The molecule has 0 bridgehead atoms. The second-order valence-corrected chi connectivity index (χ2v) is 5.05. The molecule has 9 heteroatoms. The first-order valence-corrected chi connectivity index (χ1v) is 7.07. The van der Waals surface area contributed by atoms with Crippen molar-refractivity contribution in [1.29, 1.82) is 0 Å². The van der Waals surface area contributed by atoms with Gasteiger partial charge in [0.1, 0.15) is 5.69 Å². The van der Waals surface area contributed by atoms with E-state index in [2.05, 4.69) is 9.97 Å². The van der Waals surface area contributed by atoms with Gasteiger partial charge in [0.25, 0.3) is 11.8 Å². The van der Waals surface area contributed by atoms with Crippen LogP contribution in [0.3, 0.4) is 0 Å². The average molecular weight is 348 g/mol. The second kappa shape index (κ2) is 6.27. The van der Waals surface area contributed by atoms with Crippen molar-refractivity contribution >= 4 is 22.7 Å². The van der Waals surface area contributed by atoms with E-state index in [4.69, 9.17) is 0 Å². The number of para-hydroxylation sites is 1. The fourth-order valence-electron chi connectivity index (χ4n) is 2.34. The first-order valence-electron chi connectivity index (χ1n) is 7.07. The van der Waals surface area contributed by atoms with Crippen LogP contribution in [0.15, 0.2) is 48.8 Å². The van der Waals surface area contributed by atoms with Gasteiger partial charge in [0, 0.05) is 17.8 Å². The molecule has 0 fully saturated rings. The normalized spacial score (nSPS) is 11.3. The molecule has 3 aromatic rings. The lowest BCUT2D eigenvalue weighted by molar-refractivity contribution is -0.136. The number of H-pyrrole nitrogens is 1. The molecule has 0 atom stereocenters. The third kappa shape index (κ3) is 3.30. The summed E-state index contributed by atoms with van der Waals surface area (Å²) in [5.41, 5.74) is 2.48. The Morgan fingerprint density at radius 2 is 1.72 bits per heavy atom. The molecule has 3 rings (SSSR count). The Morgan fingerprint density at radius 3 is 2.40 bits per heavy atom. The number of alkyl halides is 3. The Hall–Kier alpha value is -3.36. The molecule has 25 heavy (non-hydrogen) atoms. The number of pyridine rings is 1. The first kappa shape index (κ1) is 16.5. The van der Waals surface area contributed by atoms with E-state index >= 15 is 0 Å². The van der Waals surface area contributed by atoms with Crippen LogP contribution in [-0.2, 0) is 6.18 Å². The summed E-state index contributed by atoms with van der Waals surface area (Å²) in [4.78, 5) is 30.4. The molecule has 0 aliphatic heterocycles. The fraction of sp³-hybridized carbons (Fsp3) is 0.0625. The molecule has 2 aromatic heterocycles. The smallest absolute Gasteiger partial charge is 0.357 e. The molecule has 2 amide bonds. The van der Waals surface area contributed by atoms with Gasteiger partial charge in [-0.3, -0.25) is 25.4 Å². The number of amides is 2. The number of nitrogens with zero attached hydrogens (tertiary/aromatic N) is 1. The van der Waals surface area contributed by atoms with Crippen molar-refractivity contribution in [3.63, 3.8) is 0 Å². The average Bonchev–Trinajstić information content (AvgIpc) is 3.12. The Bertz CT molecular complexity index is 936. The SMILES string of the molecule is O=C(NNC(=O)c1cnc2ccccc2c1C(F)(F)F)c1ccc[nH]1. The van der Waals surface area contributed by atoms with E-state index in [1.54, 1.807) is 12.1 Å². The van der Waals surface area contributed by atoms with Crippen molar-refractivity contribution in [2.24, 2.45) is 0 Å². The van der Waals surface area contributed by atoms with Crippen molar-refractivity contribution in [2.45, 2.75) is 6.18 Å². The van der Waals surface area contributed by atoms with Crippen LogP contribution in [0.2, 0.25) is 0 Å². The van der Waals surface area contributed by atoms with E-state index in [0.29, 0.717) is 0 Å². The number of benzene rings is 1. The largest absolute Gasteiger partial charge is 0.417 e. The zero-order valence-electron chi connectivity index (χ0n) is 12.5. The fourth-order valence-corrected chi connectivity index (χ4v) is 2.34. The molecule has 1 aromatic carbocycles. The van der Waals surface area contributed by atoms with Gasteiger partial charge in [-0.25, -0.2) is 0 Å². The van der Waals surface area contributed by atoms with Gasteiger partial charge in [0.2, 0.25) is 0 Å². The number of halogens is 3. The van der Waals surface area contributed by atoms with Gasteiger partial charge in [-0.1, -0.05) is 18.2 Å². The zero-order chi connectivity index (χ0) is 18.0. The minimum Gasteiger partial charge on any atom is -0.357 e. The molecule has 6 nitrogen and oxygen atoms in total. The summed E-state index contributed by atoms with van der Waals surface area (Å²) in [6.07, 6.45) is -2.44. The van der Waals surface area contributed by atoms with Crippen LogP contribution >= 0.6 is 0 Å². The quantitative estimate of drug-likeness (QED) is 0.622. The molecule has 0 unspecified atom stereocenters. The zero-order valence-corrected chi connectivity index (χ0v) is 12.5. The molecule has 0 saturated carbocycles. The number of hydrogen-bond donors (Lipinski definition) is 3. The van der Waals surface area contributed by atoms with E-state index in [9.17, 15) is 22.8 Å². The highest BCUT2D eigenvalue weighted by atomic mass is 19.4. The molecular weight excluding hydrogens is 337 g/mol. The van der Waals surface area contributed by atoms with Gasteiger partial charge in [0.15, 0.2) is 0 Å². The van der Waals surface area contributed by atoms with E-state index in [1.165, 1.54) is 30.5 Å². The van der Waals surface area contributed by atoms with Crippen LogP contribution in [0.1, 0.15) is 26.4 Å². The molecule has 0 spiro atoms. The van der Waals surface area contributed by atoms with Gasteiger partial charge in [-0.05, 0) is 18.2 Å². The highest BCUT2D eigenvalue weighted by molar-refractivity contribution is 6.02. The van der Waals surface area contributed by atoms with Crippen LogP contribution in [0.25, 0.3) is 10.9 Å². The highest BCUT2D eigenvalue weighted by Gasteiger charge is 2.37.